The second kappa shape index (κ2) is 19.6. The molecule has 0 aromatic rings. The van der Waals surface area contributed by atoms with Crippen LogP contribution in [0.5, 0.6) is 0 Å². The van der Waals surface area contributed by atoms with Gasteiger partial charge in [-0.05, 0) is 45.4 Å². The molecule has 1 heterocycles. The quantitative estimate of drug-likeness (QED) is 0.111. The number of carbonyl (C=O) groups excluding carboxylic acids is 4. The van der Waals surface area contributed by atoms with Crippen molar-refractivity contribution < 1.29 is 33.4 Å². The van der Waals surface area contributed by atoms with E-state index in [-0.39, 0.29) is 29.7 Å². The minimum absolute atomic E-state index is 0.0184. The van der Waals surface area contributed by atoms with Crippen molar-refractivity contribution >= 4 is 35.5 Å². The minimum Gasteiger partial charge on any atom is -0.490 e. The van der Waals surface area contributed by atoms with Crippen LogP contribution < -0.4 is 16.0 Å². The first-order chi connectivity index (χ1) is 21.0. The van der Waals surface area contributed by atoms with Crippen LogP contribution in [0.1, 0.15) is 74.7 Å². The van der Waals surface area contributed by atoms with Crippen molar-refractivity contribution in [3.8, 4) is 0 Å². The number of allylic oxidation sites excluding steroid dienone is 5. The summed E-state index contributed by atoms with van der Waals surface area (Å²) < 4.78 is 15.9. The molecule has 4 unspecified atom stereocenters. The Morgan fingerprint density at radius 3 is 2.33 bits per heavy atom. The number of amides is 3. The van der Waals surface area contributed by atoms with Gasteiger partial charge in [0, 0.05) is 42.3 Å². The molecule has 4 atom stereocenters. The first kappa shape index (κ1) is 39.2. The van der Waals surface area contributed by atoms with Crippen molar-refractivity contribution in [2.75, 3.05) is 7.11 Å². The summed E-state index contributed by atoms with van der Waals surface area (Å²) in [6, 6.07) is -0.884. The Morgan fingerprint density at radius 1 is 1.09 bits per heavy atom. The maximum absolute atomic E-state index is 13.0. The number of carbonyl (C=O) groups is 4. The smallest absolute Gasteiger partial charge is 0.407 e. The molecule has 11 heteroatoms. The summed E-state index contributed by atoms with van der Waals surface area (Å²) in [7, 11) is 1.44. The molecule has 0 radical (unpaired) electrons. The summed E-state index contributed by atoms with van der Waals surface area (Å²) in [5.41, 5.74) is 0.364. The Morgan fingerprint density at radius 2 is 1.76 bits per heavy atom. The zero-order valence-electron chi connectivity index (χ0n) is 27.9. The fourth-order valence-electron chi connectivity index (χ4n) is 4.18. The number of ether oxygens (including phenoxy) is 3. The fraction of sp³-hybridized carbons (Fsp3) is 0.529. The SMILES string of the molecule is COC1=CCC(C(C)/C=C(C)/C=C\C=C/C(=O)NC(C(=O)N/C=C\CC(C/C=C(\C)Cl)OC(=O)NC(C)C)C(C)(C)C)OC1=O. The first-order valence-electron chi connectivity index (χ1n) is 15.1. The molecule has 0 fully saturated rings. The minimum atomic E-state index is -0.817. The van der Waals surface area contributed by atoms with Crippen molar-refractivity contribution in [2.45, 2.75) is 98.9 Å². The van der Waals surface area contributed by atoms with E-state index in [0.29, 0.717) is 24.3 Å². The monoisotopic (exact) mass is 647 g/mol. The standard InChI is InChI=1S/C34H50ClN3O7/c1-22(2)37-33(42)44-26(17-16-25(5)35)14-12-20-36-31(40)30(34(6,7)8)38-29(39)15-11-10-13-23(3)21-24(4)27-18-19-28(43-9)32(41)45-27/h10-13,15-16,19-22,24,26-27,30H,14,17-18H2,1-9H3,(H,36,40)(H,37,42)(H,38,39)/b13-10-,15-11-,20-12-,23-21+,25-16+. The van der Waals surface area contributed by atoms with Crippen molar-refractivity contribution in [1.82, 2.24) is 16.0 Å². The van der Waals surface area contributed by atoms with Crippen molar-refractivity contribution in [3.63, 3.8) is 0 Å². The molecule has 0 aliphatic carbocycles. The zero-order valence-corrected chi connectivity index (χ0v) is 28.7. The van der Waals surface area contributed by atoms with Gasteiger partial charge in [0.15, 0.2) is 5.76 Å². The van der Waals surface area contributed by atoms with Gasteiger partial charge in [-0.25, -0.2) is 9.59 Å². The highest BCUT2D eigenvalue weighted by molar-refractivity contribution is 6.29. The third-order valence-corrected chi connectivity index (χ3v) is 6.70. The lowest BCUT2D eigenvalue weighted by atomic mass is 9.86. The van der Waals surface area contributed by atoms with Crippen LogP contribution in [0.15, 0.2) is 71.2 Å². The van der Waals surface area contributed by atoms with Gasteiger partial charge in [0.1, 0.15) is 18.2 Å². The van der Waals surface area contributed by atoms with E-state index in [1.54, 1.807) is 37.3 Å². The Balaban J connectivity index is 2.73. The van der Waals surface area contributed by atoms with E-state index in [0.717, 1.165) is 5.57 Å². The molecular weight excluding hydrogens is 598 g/mol. The molecule has 0 saturated carbocycles. The van der Waals surface area contributed by atoms with E-state index >= 15 is 0 Å². The number of nitrogens with one attached hydrogen (secondary N) is 3. The Hall–Kier alpha value is -3.79. The molecule has 0 spiro atoms. The predicted octanol–water partition coefficient (Wildman–Crippen LogP) is 6.11. The van der Waals surface area contributed by atoms with Crippen LogP contribution in [-0.4, -0.2) is 55.3 Å². The number of cyclic esters (lactones) is 1. The fourth-order valence-corrected chi connectivity index (χ4v) is 4.27. The largest absolute Gasteiger partial charge is 0.490 e. The molecule has 45 heavy (non-hydrogen) atoms. The number of esters is 1. The normalized spacial score (nSPS) is 18.4. The van der Waals surface area contributed by atoms with Crippen LogP contribution in [-0.2, 0) is 28.6 Å². The van der Waals surface area contributed by atoms with Crippen LogP contribution in [0.4, 0.5) is 4.79 Å². The molecule has 250 valence electrons. The van der Waals surface area contributed by atoms with Crippen molar-refractivity contribution in [1.29, 1.82) is 0 Å². The highest BCUT2D eigenvalue weighted by Crippen LogP contribution is 2.23. The molecule has 10 nitrogen and oxygen atoms in total. The zero-order chi connectivity index (χ0) is 34.2. The molecule has 3 amide bonds. The summed E-state index contributed by atoms with van der Waals surface area (Å²) >= 11 is 5.94. The van der Waals surface area contributed by atoms with Gasteiger partial charge in [0.2, 0.25) is 11.8 Å². The van der Waals surface area contributed by atoms with Gasteiger partial charge in [-0.3, -0.25) is 9.59 Å². The molecule has 3 N–H and O–H groups in total. The van der Waals surface area contributed by atoms with Gasteiger partial charge >= 0.3 is 12.1 Å². The second-order valence-electron chi connectivity index (χ2n) is 12.2. The number of halogens is 1. The molecule has 0 bridgehead atoms. The third-order valence-electron chi connectivity index (χ3n) is 6.54. The van der Waals surface area contributed by atoms with Crippen LogP contribution >= 0.6 is 11.6 Å². The van der Waals surface area contributed by atoms with E-state index < -0.39 is 35.5 Å². The van der Waals surface area contributed by atoms with Crippen LogP contribution in [0.2, 0.25) is 0 Å². The van der Waals surface area contributed by atoms with Gasteiger partial charge in [0.25, 0.3) is 0 Å². The maximum Gasteiger partial charge on any atom is 0.407 e. The molecule has 0 saturated heterocycles. The van der Waals surface area contributed by atoms with E-state index in [1.165, 1.54) is 19.4 Å². The van der Waals surface area contributed by atoms with Gasteiger partial charge in [0.05, 0.1) is 7.11 Å². The van der Waals surface area contributed by atoms with Crippen LogP contribution in [0.25, 0.3) is 0 Å². The lowest BCUT2D eigenvalue weighted by Crippen LogP contribution is -2.52. The molecule has 1 aliphatic heterocycles. The molecule has 0 aromatic carbocycles. The third kappa shape index (κ3) is 16.2. The van der Waals surface area contributed by atoms with Crippen LogP contribution in [0.3, 0.4) is 0 Å². The number of alkyl carbamates (subject to hydrolysis) is 1. The average Bonchev–Trinajstić information content (AvgIpc) is 2.93. The molecule has 1 aliphatic rings. The summed E-state index contributed by atoms with van der Waals surface area (Å²) in [6.45, 7) is 14.9. The van der Waals surface area contributed by atoms with E-state index in [9.17, 15) is 19.2 Å². The average molecular weight is 648 g/mol. The van der Waals surface area contributed by atoms with Gasteiger partial charge in [-0.1, -0.05) is 81.3 Å². The highest BCUT2D eigenvalue weighted by Gasteiger charge is 2.32. The molecular formula is C34H50ClN3O7. The second-order valence-corrected chi connectivity index (χ2v) is 12.8. The Labute approximate surface area is 273 Å². The van der Waals surface area contributed by atoms with Gasteiger partial charge < -0.3 is 30.2 Å². The number of methoxy groups -OCH3 is 1. The van der Waals surface area contributed by atoms with Crippen molar-refractivity contribution in [3.05, 3.63) is 71.2 Å². The molecule has 0 aromatic heterocycles. The first-order valence-corrected chi connectivity index (χ1v) is 15.4. The summed E-state index contributed by atoms with van der Waals surface area (Å²) in [4.78, 5) is 49.6. The van der Waals surface area contributed by atoms with E-state index in [1.807, 2.05) is 60.6 Å². The Kier molecular flexibility index (Phi) is 17.1. The van der Waals surface area contributed by atoms with Crippen LogP contribution in [0, 0.1) is 11.3 Å². The number of rotatable bonds is 15. The highest BCUT2D eigenvalue weighted by atomic mass is 35.5. The summed E-state index contributed by atoms with van der Waals surface area (Å²) in [5, 5.41) is 8.76. The lowest BCUT2D eigenvalue weighted by molar-refractivity contribution is -0.151. The number of hydrogen-bond donors (Lipinski definition) is 3. The van der Waals surface area contributed by atoms with E-state index in [4.69, 9.17) is 25.8 Å². The van der Waals surface area contributed by atoms with Crippen molar-refractivity contribution in [2.24, 2.45) is 11.3 Å². The lowest BCUT2D eigenvalue weighted by Gasteiger charge is -2.29. The number of hydrogen-bond acceptors (Lipinski definition) is 7. The van der Waals surface area contributed by atoms with Gasteiger partial charge in [-0.2, -0.15) is 0 Å². The topological polar surface area (TPSA) is 132 Å². The van der Waals surface area contributed by atoms with E-state index in [2.05, 4.69) is 16.0 Å². The molecule has 1 rings (SSSR count). The van der Waals surface area contributed by atoms with Gasteiger partial charge in [-0.15, -0.1) is 0 Å². The predicted molar refractivity (Wildman–Crippen MR) is 177 cm³/mol. The summed E-state index contributed by atoms with van der Waals surface area (Å²) in [5.74, 6) is -1.07. The maximum atomic E-state index is 13.0. The summed E-state index contributed by atoms with van der Waals surface area (Å²) in [6.07, 6.45) is 15.2. The Bertz CT molecular complexity index is 1200.